The van der Waals surface area contributed by atoms with E-state index in [-0.39, 0.29) is 25.5 Å². The van der Waals surface area contributed by atoms with E-state index in [9.17, 15) is 0 Å². The van der Waals surface area contributed by atoms with Gasteiger partial charge in [-0.1, -0.05) is 88.7 Å². The minimum atomic E-state index is -1.40. The Morgan fingerprint density at radius 2 is 1.33 bits per heavy atom. The summed E-state index contributed by atoms with van der Waals surface area (Å²) in [5, 5.41) is 0. The average molecular weight is 691 g/mol. The Bertz CT molecular complexity index is 1510. The number of benzene rings is 3. The van der Waals surface area contributed by atoms with Crippen molar-refractivity contribution in [3.05, 3.63) is 144 Å². The van der Waals surface area contributed by atoms with E-state index in [4.69, 9.17) is 2.74 Å². The Labute approximate surface area is 250 Å². The van der Waals surface area contributed by atoms with Crippen molar-refractivity contribution >= 4 is 0 Å². The number of nitrogens with zero attached hydrogens (tertiary/aromatic N) is 2. The van der Waals surface area contributed by atoms with Crippen LogP contribution in [0.1, 0.15) is 54.1 Å². The predicted octanol–water partition coefficient (Wildman–Crippen LogP) is 9.01. The van der Waals surface area contributed by atoms with Crippen molar-refractivity contribution in [1.82, 2.24) is 9.97 Å². The molecule has 2 nitrogen and oxygen atoms in total. The van der Waals surface area contributed by atoms with Crippen molar-refractivity contribution in [2.24, 2.45) is 5.41 Å². The summed E-state index contributed by atoms with van der Waals surface area (Å²) in [5.74, 6) is 0. The van der Waals surface area contributed by atoms with E-state index in [1.54, 1.807) is 12.3 Å². The zero-order valence-electron chi connectivity index (χ0n) is 25.2. The number of hydrogen-bond donors (Lipinski definition) is 0. The summed E-state index contributed by atoms with van der Waals surface area (Å²) < 4.78 is 16.6. The second kappa shape index (κ2) is 13.6. The van der Waals surface area contributed by atoms with Crippen molar-refractivity contribution < 1.29 is 22.8 Å². The third-order valence-electron chi connectivity index (χ3n) is 6.22. The quantitative estimate of drug-likeness (QED) is 0.172. The first-order valence-electron chi connectivity index (χ1n) is 13.9. The average Bonchev–Trinajstić information content (AvgIpc) is 2.98. The summed E-state index contributed by atoms with van der Waals surface area (Å²) in [7, 11) is 0. The van der Waals surface area contributed by atoms with Crippen LogP contribution < -0.4 is 0 Å². The van der Waals surface area contributed by atoms with Crippen molar-refractivity contribution in [2.75, 3.05) is 0 Å². The third-order valence-corrected chi connectivity index (χ3v) is 6.22. The van der Waals surface area contributed by atoms with Gasteiger partial charge >= 0.3 is 0 Å². The minimum Gasteiger partial charge on any atom is -0.305 e. The van der Waals surface area contributed by atoms with Crippen molar-refractivity contribution in [1.29, 1.82) is 0 Å². The van der Waals surface area contributed by atoms with Gasteiger partial charge in [0.25, 0.3) is 0 Å². The molecular formula is C36H36IrN2-2. The molecule has 0 fully saturated rings. The van der Waals surface area contributed by atoms with Gasteiger partial charge in [0.15, 0.2) is 0 Å². The fraction of sp³-hybridized carbons (Fsp3) is 0.222. The second-order valence-corrected chi connectivity index (χ2v) is 10.8. The first-order valence-corrected chi connectivity index (χ1v) is 12.9. The van der Waals surface area contributed by atoms with Crippen LogP contribution in [-0.4, -0.2) is 9.97 Å². The number of aromatic nitrogens is 2. The molecule has 0 atom stereocenters. The number of hydrogen-bond acceptors (Lipinski definition) is 2. The standard InChI is InChI=1S/C20H18N.C16H18N.Ir/c1-20(2,17-10-4-3-5-11-17)18-12-8-9-16(15-18)19-13-6-7-14-21-19;1-16(2,3)12-13-9-10-17-15(11-13)14-7-5-4-6-8-14;/h3-8,10-15H,1-2H3;4-7,9-11H,12H2,1-3H3;/q2*-1;/i;12D2;. The van der Waals surface area contributed by atoms with E-state index < -0.39 is 11.8 Å². The Balaban J connectivity index is 0.000000221. The molecule has 5 rings (SSSR count). The zero-order chi connectivity index (χ0) is 28.8. The van der Waals surface area contributed by atoms with Gasteiger partial charge in [-0.25, -0.2) is 0 Å². The monoisotopic (exact) mass is 691 g/mol. The molecule has 0 saturated heterocycles. The van der Waals surface area contributed by atoms with Gasteiger partial charge in [-0.05, 0) is 46.3 Å². The van der Waals surface area contributed by atoms with E-state index in [1.807, 2.05) is 81.6 Å². The summed E-state index contributed by atoms with van der Waals surface area (Å²) >= 11 is 0. The molecule has 3 aromatic carbocycles. The van der Waals surface area contributed by atoms with E-state index in [0.29, 0.717) is 5.56 Å². The summed E-state index contributed by atoms with van der Waals surface area (Å²) in [6.45, 7) is 10.2. The molecule has 0 saturated carbocycles. The fourth-order valence-electron chi connectivity index (χ4n) is 4.19. The minimum absolute atomic E-state index is 0. The van der Waals surface area contributed by atoms with Crippen LogP contribution in [-0.2, 0) is 31.9 Å². The first kappa shape index (κ1) is 27.2. The molecule has 0 unspecified atom stereocenters. The van der Waals surface area contributed by atoms with Gasteiger partial charge in [-0.15, -0.1) is 71.3 Å². The van der Waals surface area contributed by atoms with Gasteiger partial charge < -0.3 is 9.97 Å². The first-order chi connectivity index (χ1) is 19.0. The van der Waals surface area contributed by atoms with Gasteiger partial charge in [-0.2, -0.15) is 0 Å². The number of rotatable bonds is 5. The molecule has 0 aliphatic rings. The van der Waals surface area contributed by atoms with Crippen LogP contribution in [0, 0.1) is 17.5 Å². The van der Waals surface area contributed by atoms with Gasteiger partial charge in [0, 0.05) is 35.2 Å². The van der Waals surface area contributed by atoms with Crippen LogP contribution in [0.15, 0.2) is 116 Å². The normalized spacial score (nSPS) is 12.2. The summed E-state index contributed by atoms with van der Waals surface area (Å²) in [6.07, 6.45) is 2.08. The van der Waals surface area contributed by atoms with Crippen molar-refractivity contribution in [2.45, 2.75) is 46.4 Å². The largest absolute Gasteiger partial charge is 0.305 e. The maximum Gasteiger partial charge on any atom is 0.0321 e. The van der Waals surface area contributed by atoms with Crippen LogP contribution in [0.3, 0.4) is 0 Å². The molecule has 2 aromatic heterocycles. The Morgan fingerprint density at radius 3 is 2.00 bits per heavy atom. The molecule has 3 heteroatoms. The molecule has 0 aliphatic carbocycles. The van der Waals surface area contributed by atoms with Crippen LogP contribution in [0.5, 0.6) is 0 Å². The van der Waals surface area contributed by atoms with Gasteiger partial charge in [0.2, 0.25) is 0 Å². The Morgan fingerprint density at radius 1 is 0.641 bits per heavy atom. The molecular weight excluding hydrogens is 653 g/mol. The SMILES string of the molecule is CC(C)(c1ccccc1)c1cc[c-]c(-c2ccccn2)c1.[2H]C([2H])(c1ccnc(-c2[c-]cccc2)c1)C(C)(C)C.[Ir]. The van der Waals surface area contributed by atoms with Crippen LogP contribution in [0.2, 0.25) is 0 Å². The summed E-state index contributed by atoms with van der Waals surface area (Å²) in [5.41, 5.74) is 6.37. The van der Waals surface area contributed by atoms with Crippen molar-refractivity contribution in [3.63, 3.8) is 0 Å². The van der Waals surface area contributed by atoms with E-state index >= 15 is 0 Å². The smallest absolute Gasteiger partial charge is 0.0321 e. The molecule has 0 aliphatic heterocycles. The van der Waals surface area contributed by atoms with E-state index in [1.165, 1.54) is 11.1 Å². The van der Waals surface area contributed by atoms with Crippen LogP contribution in [0.25, 0.3) is 22.5 Å². The van der Waals surface area contributed by atoms with E-state index in [2.05, 4.69) is 78.4 Å². The predicted molar refractivity (Wildman–Crippen MR) is 159 cm³/mol. The summed E-state index contributed by atoms with van der Waals surface area (Å²) in [6, 6.07) is 40.4. The zero-order valence-corrected chi connectivity index (χ0v) is 25.6. The third kappa shape index (κ3) is 8.55. The Hall–Kier alpha value is -3.39. The summed E-state index contributed by atoms with van der Waals surface area (Å²) in [4.78, 5) is 8.72. The number of pyridine rings is 2. The van der Waals surface area contributed by atoms with Gasteiger partial charge in [-0.3, -0.25) is 0 Å². The molecule has 0 bridgehead atoms. The van der Waals surface area contributed by atoms with Gasteiger partial charge in [0.05, 0.1) is 0 Å². The maximum absolute atomic E-state index is 8.31. The molecule has 0 amide bonds. The molecule has 201 valence electrons. The molecule has 5 aromatic rings. The molecule has 39 heavy (non-hydrogen) atoms. The van der Waals surface area contributed by atoms with Crippen molar-refractivity contribution in [3.8, 4) is 22.5 Å². The molecule has 0 N–H and O–H groups in total. The van der Waals surface area contributed by atoms with Gasteiger partial charge in [0.1, 0.15) is 0 Å². The Kier molecular flexibility index (Phi) is 9.48. The second-order valence-electron chi connectivity index (χ2n) is 10.8. The topological polar surface area (TPSA) is 25.8 Å². The molecule has 1 radical (unpaired) electrons. The van der Waals surface area contributed by atoms with Crippen LogP contribution in [0.4, 0.5) is 0 Å². The maximum atomic E-state index is 8.31. The van der Waals surface area contributed by atoms with Crippen LogP contribution >= 0.6 is 0 Å². The van der Waals surface area contributed by atoms with E-state index in [0.717, 1.165) is 22.5 Å². The fourth-order valence-corrected chi connectivity index (χ4v) is 4.19. The molecule has 2 heterocycles. The molecule has 0 spiro atoms.